The van der Waals surface area contributed by atoms with Crippen LogP contribution in [0.15, 0.2) is 24.3 Å². The molecule has 17 heavy (non-hydrogen) atoms. The van der Waals surface area contributed by atoms with Gasteiger partial charge in [-0.25, -0.2) is 0 Å². The minimum atomic E-state index is -0.320. The molecule has 0 aliphatic heterocycles. The van der Waals surface area contributed by atoms with Crippen LogP contribution in [-0.2, 0) is 6.42 Å². The van der Waals surface area contributed by atoms with E-state index in [1.165, 1.54) is 0 Å². The van der Waals surface area contributed by atoms with Crippen molar-refractivity contribution in [3.63, 3.8) is 0 Å². The maximum atomic E-state index is 9.81. The van der Waals surface area contributed by atoms with Crippen LogP contribution >= 0.6 is 0 Å². The second-order valence-corrected chi connectivity index (χ2v) is 4.14. The fourth-order valence-corrected chi connectivity index (χ4v) is 1.68. The number of benzene rings is 1. The Morgan fingerprint density at radius 3 is 2.53 bits per heavy atom. The van der Waals surface area contributed by atoms with Gasteiger partial charge in [0.15, 0.2) is 0 Å². The summed E-state index contributed by atoms with van der Waals surface area (Å²) in [5, 5.41) is 13.0. The smallest absolute Gasteiger partial charge is 0.119 e. The SMILES string of the molecule is CCCNCC(O)Cc1ccc(OCC)cc1. The largest absolute Gasteiger partial charge is 0.494 e. The summed E-state index contributed by atoms with van der Waals surface area (Å²) < 4.78 is 5.37. The highest BCUT2D eigenvalue weighted by Gasteiger charge is 2.04. The molecule has 0 aliphatic carbocycles. The maximum Gasteiger partial charge on any atom is 0.119 e. The van der Waals surface area contributed by atoms with Gasteiger partial charge in [-0.2, -0.15) is 0 Å². The summed E-state index contributed by atoms with van der Waals surface area (Å²) >= 11 is 0. The number of hydrogen-bond acceptors (Lipinski definition) is 3. The van der Waals surface area contributed by atoms with Crippen LogP contribution < -0.4 is 10.1 Å². The van der Waals surface area contributed by atoms with E-state index in [9.17, 15) is 5.11 Å². The van der Waals surface area contributed by atoms with Crippen molar-refractivity contribution in [2.24, 2.45) is 0 Å². The molecule has 0 bridgehead atoms. The lowest BCUT2D eigenvalue weighted by molar-refractivity contribution is 0.172. The molecule has 0 spiro atoms. The molecule has 3 nitrogen and oxygen atoms in total. The maximum absolute atomic E-state index is 9.81. The molecule has 0 aromatic heterocycles. The van der Waals surface area contributed by atoms with Gasteiger partial charge in [-0.1, -0.05) is 19.1 Å². The Morgan fingerprint density at radius 2 is 1.94 bits per heavy atom. The Balaban J connectivity index is 2.34. The van der Waals surface area contributed by atoms with Crippen molar-refractivity contribution < 1.29 is 9.84 Å². The highest BCUT2D eigenvalue weighted by molar-refractivity contribution is 5.27. The summed E-state index contributed by atoms with van der Waals surface area (Å²) in [4.78, 5) is 0. The standard InChI is InChI=1S/C14H23NO2/c1-3-9-15-11-13(16)10-12-5-7-14(8-6-12)17-4-2/h5-8,13,15-16H,3-4,9-11H2,1-2H3. The molecule has 0 saturated heterocycles. The molecule has 0 saturated carbocycles. The van der Waals surface area contributed by atoms with Gasteiger partial charge in [-0.15, -0.1) is 0 Å². The van der Waals surface area contributed by atoms with Gasteiger partial charge in [0.25, 0.3) is 0 Å². The lowest BCUT2D eigenvalue weighted by Crippen LogP contribution is -2.28. The number of aliphatic hydroxyl groups excluding tert-OH is 1. The number of aliphatic hydroxyl groups is 1. The first kappa shape index (κ1) is 14.0. The van der Waals surface area contributed by atoms with Gasteiger partial charge >= 0.3 is 0 Å². The molecule has 0 fully saturated rings. The summed E-state index contributed by atoms with van der Waals surface area (Å²) in [6, 6.07) is 7.91. The number of nitrogens with one attached hydrogen (secondary N) is 1. The minimum Gasteiger partial charge on any atom is -0.494 e. The zero-order valence-corrected chi connectivity index (χ0v) is 10.8. The number of hydrogen-bond donors (Lipinski definition) is 2. The Morgan fingerprint density at radius 1 is 1.24 bits per heavy atom. The van der Waals surface area contributed by atoms with E-state index in [1.54, 1.807) is 0 Å². The molecule has 96 valence electrons. The lowest BCUT2D eigenvalue weighted by atomic mass is 10.1. The first-order chi connectivity index (χ1) is 8.26. The number of ether oxygens (including phenoxy) is 1. The topological polar surface area (TPSA) is 41.5 Å². The second-order valence-electron chi connectivity index (χ2n) is 4.14. The molecule has 0 amide bonds. The van der Waals surface area contributed by atoms with Crippen LogP contribution in [0.1, 0.15) is 25.8 Å². The van der Waals surface area contributed by atoms with E-state index in [4.69, 9.17) is 4.74 Å². The van der Waals surface area contributed by atoms with Crippen molar-refractivity contribution in [3.05, 3.63) is 29.8 Å². The summed E-state index contributed by atoms with van der Waals surface area (Å²) in [6.45, 7) is 6.38. The highest BCUT2D eigenvalue weighted by Crippen LogP contribution is 2.13. The van der Waals surface area contributed by atoms with Crippen LogP contribution in [0.4, 0.5) is 0 Å². The summed E-state index contributed by atoms with van der Waals surface area (Å²) in [6.07, 6.45) is 1.46. The summed E-state index contributed by atoms with van der Waals surface area (Å²) in [7, 11) is 0. The van der Waals surface area contributed by atoms with Crippen molar-refractivity contribution in [3.8, 4) is 5.75 Å². The van der Waals surface area contributed by atoms with E-state index in [0.29, 0.717) is 19.6 Å². The van der Waals surface area contributed by atoms with Crippen LogP contribution in [-0.4, -0.2) is 30.9 Å². The Labute approximate surface area is 104 Å². The van der Waals surface area contributed by atoms with Crippen LogP contribution in [0, 0.1) is 0 Å². The molecule has 1 atom stereocenters. The molecule has 1 aromatic rings. The van der Waals surface area contributed by atoms with Crippen LogP contribution in [0.5, 0.6) is 5.75 Å². The summed E-state index contributed by atoms with van der Waals surface area (Å²) in [5.74, 6) is 0.884. The van der Waals surface area contributed by atoms with Gasteiger partial charge in [0.1, 0.15) is 5.75 Å². The zero-order chi connectivity index (χ0) is 12.5. The molecular weight excluding hydrogens is 214 g/mol. The molecule has 2 N–H and O–H groups in total. The van der Waals surface area contributed by atoms with Crippen molar-refractivity contribution in [1.82, 2.24) is 5.32 Å². The summed E-state index contributed by atoms with van der Waals surface area (Å²) in [5.41, 5.74) is 1.14. The van der Waals surface area contributed by atoms with E-state index < -0.39 is 0 Å². The quantitative estimate of drug-likeness (QED) is 0.679. The third-order valence-electron chi connectivity index (χ3n) is 2.51. The van der Waals surface area contributed by atoms with Crippen molar-refractivity contribution in [2.75, 3.05) is 19.7 Å². The van der Waals surface area contributed by atoms with Gasteiger partial charge in [0.05, 0.1) is 12.7 Å². The fraction of sp³-hybridized carbons (Fsp3) is 0.571. The van der Waals surface area contributed by atoms with E-state index in [-0.39, 0.29) is 6.10 Å². The molecule has 3 heteroatoms. The van der Waals surface area contributed by atoms with Gasteiger partial charge in [0.2, 0.25) is 0 Å². The van der Waals surface area contributed by atoms with E-state index in [0.717, 1.165) is 24.3 Å². The normalized spacial score (nSPS) is 12.4. The third-order valence-corrected chi connectivity index (χ3v) is 2.51. The molecular formula is C14H23NO2. The van der Waals surface area contributed by atoms with Crippen molar-refractivity contribution in [2.45, 2.75) is 32.8 Å². The highest BCUT2D eigenvalue weighted by atomic mass is 16.5. The average Bonchev–Trinajstić information content (AvgIpc) is 2.32. The van der Waals surface area contributed by atoms with Gasteiger partial charge in [-0.05, 0) is 44.0 Å². The first-order valence-electron chi connectivity index (χ1n) is 6.36. The molecule has 1 rings (SSSR count). The Kier molecular flexibility index (Phi) is 6.67. The first-order valence-corrected chi connectivity index (χ1v) is 6.36. The predicted molar refractivity (Wildman–Crippen MR) is 70.5 cm³/mol. The van der Waals surface area contributed by atoms with Crippen LogP contribution in [0.2, 0.25) is 0 Å². The second kappa shape index (κ2) is 8.09. The number of rotatable bonds is 8. The minimum absolute atomic E-state index is 0.320. The predicted octanol–water partition coefficient (Wildman–Crippen LogP) is 1.99. The van der Waals surface area contributed by atoms with Crippen LogP contribution in [0.3, 0.4) is 0 Å². The van der Waals surface area contributed by atoms with E-state index in [1.807, 2.05) is 31.2 Å². The Hall–Kier alpha value is -1.06. The van der Waals surface area contributed by atoms with Gasteiger partial charge in [-0.3, -0.25) is 0 Å². The molecule has 0 radical (unpaired) electrons. The van der Waals surface area contributed by atoms with E-state index in [2.05, 4.69) is 12.2 Å². The lowest BCUT2D eigenvalue weighted by Gasteiger charge is -2.12. The van der Waals surface area contributed by atoms with E-state index >= 15 is 0 Å². The fourth-order valence-electron chi connectivity index (χ4n) is 1.68. The molecule has 0 heterocycles. The van der Waals surface area contributed by atoms with Crippen molar-refractivity contribution in [1.29, 1.82) is 0 Å². The van der Waals surface area contributed by atoms with Crippen molar-refractivity contribution >= 4 is 0 Å². The van der Waals surface area contributed by atoms with Gasteiger partial charge in [0, 0.05) is 6.54 Å². The monoisotopic (exact) mass is 237 g/mol. The average molecular weight is 237 g/mol. The zero-order valence-electron chi connectivity index (χ0n) is 10.8. The van der Waals surface area contributed by atoms with Gasteiger partial charge < -0.3 is 15.2 Å². The molecule has 1 aromatic carbocycles. The van der Waals surface area contributed by atoms with Crippen LogP contribution in [0.25, 0.3) is 0 Å². The third kappa shape index (κ3) is 5.71. The molecule has 0 aliphatic rings. The Bertz CT molecular complexity index is 298. The molecule has 1 unspecified atom stereocenters.